The Morgan fingerprint density at radius 2 is 1.17 bits per heavy atom. The van der Waals surface area contributed by atoms with Crippen LogP contribution in [0.1, 0.15) is 32.1 Å². The molecule has 0 spiro atoms. The highest BCUT2D eigenvalue weighted by Crippen LogP contribution is 2.66. The summed E-state index contributed by atoms with van der Waals surface area (Å²) in [7, 11) is 0. The van der Waals surface area contributed by atoms with Crippen LogP contribution in [0.2, 0.25) is 0 Å². The highest BCUT2D eigenvalue weighted by atomic mass is 16.6. The van der Waals surface area contributed by atoms with Gasteiger partial charge in [-0.15, -0.1) is 0 Å². The first-order chi connectivity index (χ1) is 11.0. The summed E-state index contributed by atoms with van der Waals surface area (Å²) in [4.78, 5) is 48.0. The molecule has 2 aliphatic heterocycles. The molecule has 6 heteroatoms. The number of fused-ring (bicyclic) bond motifs is 3. The van der Waals surface area contributed by atoms with Gasteiger partial charge in [0.1, 0.15) is 0 Å². The maximum Gasteiger partial charge on any atom is 0.317 e. The van der Waals surface area contributed by atoms with E-state index in [4.69, 9.17) is 9.47 Å². The van der Waals surface area contributed by atoms with Crippen molar-refractivity contribution in [2.45, 2.75) is 32.1 Å². The average molecular weight is 318 g/mol. The van der Waals surface area contributed by atoms with Crippen molar-refractivity contribution in [1.82, 2.24) is 0 Å². The SMILES string of the molecule is O=C1CC2CC(CC(=O)O1)C1C3CCC(C4C(=O)OC(=O)C34)C21. The first kappa shape index (κ1) is 13.7. The van der Waals surface area contributed by atoms with E-state index in [1.165, 1.54) is 0 Å². The van der Waals surface area contributed by atoms with Gasteiger partial charge in [-0.05, 0) is 54.8 Å². The van der Waals surface area contributed by atoms with E-state index in [9.17, 15) is 19.2 Å². The van der Waals surface area contributed by atoms with Crippen LogP contribution in [0, 0.1) is 47.3 Å². The molecule has 6 aliphatic rings. The van der Waals surface area contributed by atoms with Crippen molar-refractivity contribution in [1.29, 1.82) is 0 Å². The Kier molecular flexibility index (Phi) is 2.63. The van der Waals surface area contributed by atoms with E-state index < -0.39 is 11.9 Å². The summed E-state index contributed by atoms with van der Waals surface area (Å²) in [5, 5.41) is 0. The zero-order chi connectivity index (χ0) is 15.9. The van der Waals surface area contributed by atoms with Gasteiger partial charge in [0.15, 0.2) is 0 Å². The van der Waals surface area contributed by atoms with Crippen LogP contribution in [0.3, 0.4) is 0 Å². The van der Waals surface area contributed by atoms with Crippen LogP contribution in [-0.4, -0.2) is 23.9 Å². The van der Waals surface area contributed by atoms with Crippen LogP contribution in [-0.2, 0) is 28.7 Å². The fraction of sp³-hybridized carbons (Fsp3) is 0.765. The minimum atomic E-state index is -0.442. The predicted octanol–water partition coefficient (Wildman–Crippen LogP) is 1.07. The third kappa shape index (κ3) is 1.69. The first-order valence-electron chi connectivity index (χ1n) is 8.53. The summed E-state index contributed by atoms with van der Waals surface area (Å²) >= 11 is 0. The van der Waals surface area contributed by atoms with Crippen molar-refractivity contribution in [3.8, 4) is 0 Å². The molecule has 8 unspecified atom stereocenters. The Hall–Kier alpha value is -1.72. The molecule has 0 radical (unpaired) electrons. The number of esters is 4. The quantitative estimate of drug-likeness (QED) is 0.490. The third-order valence-corrected chi connectivity index (χ3v) is 7.10. The zero-order valence-electron chi connectivity index (χ0n) is 12.6. The molecule has 0 amide bonds. The van der Waals surface area contributed by atoms with Crippen molar-refractivity contribution in [3.63, 3.8) is 0 Å². The van der Waals surface area contributed by atoms with Gasteiger partial charge in [0.05, 0.1) is 11.8 Å². The molecule has 0 aromatic carbocycles. The number of rotatable bonds is 0. The number of cyclic esters (lactones) is 4. The molecule has 2 heterocycles. The van der Waals surface area contributed by atoms with Gasteiger partial charge in [0, 0.05) is 12.8 Å². The van der Waals surface area contributed by atoms with Gasteiger partial charge in [0.2, 0.25) is 0 Å². The van der Waals surface area contributed by atoms with Gasteiger partial charge in [-0.1, -0.05) is 0 Å². The highest BCUT2D eigenvalue weighted by Gasteiger charge is 2.67. The molecule has 0 aromatic rings. The van der Waals surface area contributed by atoms with Crippen LogP contribution in [0.4, 0.5) is 0 Å². The molecule has 6 fully saturated rings. The molecule has 0 N–H and O–H groups in total. The molecule has 6 rings (SSSR count). The molecule has 122 valence electrons. The van der Waals surface area contributed by atoms with Crippen LogP contribution in [0.15, 0.2) is 0 Å². The van der Waals surface area contributed by atoms with Crippen LogP contribution in [0.25, 0.3) is 0 Å². The monoisotopic (exact) mass is 318 g/mol. The van der Waals surface area contributed by atoms with E-state index in [1.807, 2.05) is 0 Å². The summed E-state index contributed by atoms with van der Waals surface area (Å²) < 4.78 is 9.81. The van der Waals surface area contributed by atoms with Gasteiger partial charge in [-0.3, -0.25) is 19.2 Å². The zero-order valence-corrected chi connectivity index (χ0v) is 12.6. The molecule has 23 heavy (non-hydrogen) atoms. The summed E-state index contributed by atoms with van der Waals surface area (Å²) in [6, 6.07) is 0. The number of carbonyl (C=O) groups excluding carboxylic acids is 4. The Bertz CT molecular complexity index is 587. The van der Waals surface area contributed by atoms with Crippen molar-refractivity contribution in [2.24, 2.45) is 47.3 Å². The normalized spacial score (nSPS) is 50.8. The van der Waals surface area contributed by atoms with Crippen LogP contribution in [0.5, 0.6) is 0 Å². The van der Waals surface area contributed by atoms with Crippen molar-refractivity contribution >= 4 is 23.9 Å². The Morgan fingerprint density at radius 3 is 1.65 bits per heavy atom. The van der Waals surface area contributed by atoms with E-state index in [-0.39, 0.29) is 72.1 Å². The standard InChI is InChI=1S/C17H18O6/c18-10-4-6-3-7(5-11(19)22-10)13-9-2-1-8(12(6)13)14-15(9)17(21)23-16(14)20/h6-9,12-15H,1-5H2. The van der Waals surface area contributed by atoms with E-state index in [0.29, 0.717) is 0 Å². The Labute approximate surface area is 132 Å². The van der Waals surface area contributed by atoms with Gasteiger partial charge >= 0.3 is 23.9 Å². The first-order valence-corrected chi connectivity index (χ1v) is 8.53. The largest absolute Gasteiger partial charge is 0.393 e. The molecule has 4 bridgehead atoms. The lowest BCUT2D eigenvalue weighted by Gasteiger charge is -2.52. The third-order valence-electron chi connectivity index (χ3n) is 7.10. The number of ether oxygens (including phenoxy) is 2. The van der Waals surface area contributed by atoms with Gasteiger partial charge < -0.3 is 9.47 Å². The molecule has 2 saturated heterocycles. The molecular weight excluding hydrogens is 300 g/mol. The Morgan fingerprint density at radius 1 is 0.696 bits per heavy atom. The summed E-state index contributed by atoms with van der Waals surface area (Å²) in [5.41, 5.74) is 0. The van der Waals surface area contributed by atoms with Gasteiger partial charge in [0.25, 0.3) is 0 Å². The smallest absolute Gasteiger partial charge is 0.317 e. The minimum absolute atomic E-state index is 0.116. The Balaban J connectivity index is 1.57. The second-order valence-electron chi connectivity index (χ2n) is 7.86. The van der Waals surface area contributed by atoms with Crippen molar-refractivity contribution in [2.75, 3.05) is 0 Å². The van der Waals surface area contributed by atoms with Crippen LogP contribution < -0.4 is 0 Å². The second kappa shape index (κ2) is 4.42. The lowest BCUT2D eigenvalue weighted by atomic mass is 9.49. The molecule has 6 nitrogen and oxygen atoms in total. The van der Waals surface area contributed by atoms with E-state index in [0.717, 1.165) is 19.3 Å². The number of hydrogen-bond donors (Lipinski definition) is 0. The lowest BCUT2D eigenvalue weighted by Crippen LogP contribution is -2.52. The molecule has 8 atom stereocenters. The van der Waals surface area contributed by atoms with Gasteiger partial charge in [-0.2, -0.15) is 0 Å². The van der Waals surface area contributed by atoms with Gasteiger partial charge in [-0.25, -0.2) is 0 Å². The van der Waals surface area contributed by atoms with E-state index >= 15 is 0 Å². The lowest BCUT2D eigenvalue weighted by molar-refractivity contribution is -0.162. The van der Waals surface area contributed by atoms with E-state index in [2.05, 4.69) is 0 Å². The summed E-state index contributed by atoms with van der Waals surface area (Å²) in [5.74, 6) is -1.21. The van der Waals surface area contributed by atoms with Crippen molar-refractivity contribution in [3.05, 3.63) is 0 Å². The molecule has 4 saturated carbocycles. The topological polar surface area (TPSA) is 86.7 Å². The fourth-order valence-corrected chi connectivity index (χ4v) is 6.70. The second-order valence-corrected chi connectivity index (χ2v) is 7.86. The maximum absolute atomic E-state index is 12.2. The summed E-state index contributed by atoms with van der Waals surface area (Å²) in [6.07, 6.45) is 3.19. The van der Waals surface area contributed by atoms with Crippen LogP contribution >= 0.6 is 0 Å². The minimum Gasteiger partial charge on any atom is -0.393 e. The predicted molar refractivity (Wildman–Crippen MR) is 73.2 cm³/mol. The summed E-state index contributed by atoms with van der Waals surface area (Å²) in [6.45, 7) is 0. The molecule has 0 aromatic heterocycles. The fourth-order valence-electron chi connectivity index (χ4n) is 6.70. The van der Waals surface area contributed by atoms with E-state index in [1.54, 1.807) is 0 Å². The number of hydrogen-bond acceptors (Lipinski definition) is 6. The average Bonchev–Trinajstić information content (AvgIpc) is 3.00. The number of carbonyl (C=O) groups is 4. The molecule has 4 aliphatic carbocycles. The maximum atomic E-state index is 12.2. The molecular formula is C17H18O6. The highest BCUT2D eigenvalue weighted by molar-refractivity contribution is 5.97. The van der Waals surface area contributed by atoms with Crippen molar-refractivity contribution < 1.29 is 28.7 Å².